The highest BCUT2D eigenvalue weighted by Gasteiger charge is 2.18. The summed E-state index contributed by atoms with van der Waals surface area (Å²) in [5.74, 6) is -0.826. The van der Waals surface area contributed by atoms with Crippen LogP contribution < -0.4 is 4.74 Å². The van der Waals surface area contributed by atoms with Gasteiger partial charge in [-0.2, -0.15) is 0 Å². The van der Waals surface area contributed by atoms with Crippen molar-refractivity contribution in [1.82, 2.24) is 0 Å². The molecule has 0 aromatic carbocycles. The van der Waals surface area contributed by atoms with Gasteiger partial charge in [-0.25, -0.2) is 4.79 Å². The molecule has 0 radical (unpaired) electrons. The topological polar surface area (TPSA) is 63.6 Å². The first-order valence-corrected chi connectivity index (χ1v) is 5.51. The van der Waals surface area contributed by atoms with E-state index in [-0.39, 0.29) is 10.4 Å². The third-order valence-corrected chi connectivity index (χ3v) is 2.75. The summed E-state index contributed by atoms with van der Waals surface area (Å²) in [6.45, 7) is 2.50. The van der Waals surface area contributed by atoms with Crippen LogP contribution in [0.25, 0.3) is 0 Å². The molecule has 5 heteroatoms. The normalized spacial score (nSPS) is 9.93. The van der Waals surface area contributed by atoms with Crippen molar-refractivity contribution < 1.29 is 19.4 Å². The number of rotatable bonds is 6. The number of carboxylic acid groups (broad SMARTS) is 1. The van der Waals surface area contributed by atoms with Crippen LogP contribution >= 0.6 is 11.3 Å². The van der Waals surface area contributed by atoms with Crippen LogP contribution in [0.1, 0.15) is 39.8 Å². The molecule has 1 N–H and O–H groups in total. The largest absolute Gasteiger partial charge is 0.492 e. The first-order valence-electron chi connectivity index (χ1n) is 4.63. The molecule has 0 unspecified atom stereocenters. The summed E-state index contributed by atoms with van der Waals surface area (Å²) in [4.78, 5) is 21.6. The van der Waals surface area contributed by atoms with Gasteiger partial charge in [-0.1, -0.05) is 13.3 Å². The second kappa shape index (κ2) is 5.50. The molecular weight excluding hydrogens is 216 g/mol. The summed E-state index contributed by atoms with van der Waals surface area (Å²) < 4.78 is 5.29. The minimum absolute atomic E-state index is 0.0221. The second-order valence-electron chi connectivity index (χ2n) is 2.96. The number of hydrogen-bond donors (Lipinski definition) is 1. The van der Waals surface area contributed by atoms with Gasteiger partial charge < -0.3 is 9.84 Å². The SMILES string of the molecule is CCCCOc1csc(C=O)c1C(=O)O. The van der Waals surface area contributed by atoms with Gasteiger partial charge in [-0.15, -0.1) is 11.3 Å². The summed E-state index contributed by atoms with van der Waals surface area (Å²) in [6, 6.07) is 0. The summed E-state index contributed by atoms with van der Waals surface area (Å²) >= 11 is 1.09. The number of ether oxygens (including phenoxy) is 1. The number of carbonyl (C=O) groups excluding carboxylic acids is 1. The van der Waals surface area contributed by atoms with Gasteiger partial charge in [-0.05, 0) is 6.42 Å². The Labute approximate surface area is 91.5 Å². The van der Waals surface area contributed by atoms with Gasteiger partial charge >= 0.3 is 5.97 Å². The maximum Gasteiger partial charge on any atom is 0.341 e. The van der Waals surface area contributed by atoms with Crippen LogP contribution in [0.3, 0.4) is 0 Å². The van der Waals surface area contributed by atoms with Crippen LogP contribution in [0, 0.1) is 0 Å². The molecule has 0 aliphatic heterocycles. The molecule has 1 rings (SSSR count). The minimum atomic E-state index is -1.12. The highest BCUT2D eigenvalue weighted by atomic mass is 32.1. The van der Waals surface area contributed by atoms with E-state index in [9.17, 15) is 9.59 Å². The van der Waals surface area contributed by atoms with Crippen LogP contribution in [-0.4, -0.2) is 24.0 Å². The summed E-state index contributed by atoms with van der Waals surface area (Å²) in [7, 11) is 0. The highest BCUT2D eigenvalue weighted by molar-refractivity contribution is 7.12. The van der Waals surface area contributed by atoms with Gasteiger partial charge in [0.15, 0.2) is 6.29 Å². The molecule has 0 saturated heterocycles. The fourth-order valence-electron chi connectivity index (χ4n) is 1.09. The van der Waals surface area contributed by atoms with Crippen molar-refractivity contribution in [3.8, 4) is 5.75 Å². The van der Waals surface area contributed by atoms with Gasteiger partial charge in [-0.3, -0.25) is 4.79 Å². The average molecular weight is 228 g/mol. The third kappa shape index (κ3) is 2.79. The van der Waals surface area contributed by atoms with Crippen LogP contribution in [0.4, 0.5) is 0 Å². The Kier molecular flexibility index (Phi) is 4.30. The Bertz CT molecular complexity index is 356. The van der Waals surface area contributed by atoms with E-state index in [1.807, 2.05) is 6.92 Å². The number of aromatic carboxylic acids is 1. The molecule has 1 heterocycles. The first-order chi connectivity index (χ1) is 7.20. The molecule has 0 spiro atoms. The molecule has 0 bridgehead atoms. The van der Waals surface area contributed by atoms with Crippen LogP contribution in [0.15, 0.2) is 5.38 Å². The standard InChI is InChI=1S/C10H12O4S/c1-2-3-4-14-7-6-15-8(5-11)9(7)10(12)13/h5-6H,2-4H2,1H3,(H,12,13). The maximum atomic E-state index is 10.9. The van der Waals surface area contributed by atoms with E-state index in [1.165, 1.54) is 0 Å². The lowest BCUT2D eigenvalue weighted by Crippen LogP contribution is -2.03. The van der Waals surface area contributed by atoms with E-state index in [0.29, 0.717) is 18.6 Å². The monoisotopic (exact) mass is 228 g/mol. The number of aldehydes is 1. The van der Waals surface area contributed by atoms with Crippen molar-refractivity contribution in [2.75, 3.05) is 6.61 Å². The fourth-order valence-corrected chi connectivity index (χ4v) is 1.87. The molecule has 15 heavy (non-hydrogen) atoms. The lowest BCUT2D eigenvalue weighted by Gasteiger charge is -2.03. The second-order valence-corrected chi connectivity index (χ2v) is 3.88. The quantitative estimate of drug-likeness (QED) is 0.600. The van der Waals surface area contributed by atoms with E-state index in [0.717, 1.165) is 24.2 Å². The van der Waals surface area contributed by atoms with E-state index < -0.39 is 5.97 Å². The van der Waals surface area contributed by atoms with Crippen molar-refractivity contribution in [2.45, 2.75) is 19.8 Å². The van der Waals surface area contributed by atoms with Crippen LogP contribution in [0.2, 0.25) is 0 Å². The lowest BCUT2D eigenvalue weighted by molar-refractivity contribution is 0.0690. The third-order valence-electron chi connectivity index (χ3n) is 1.86. The molecule has 4 nitrogen and oxygen atoms in total. The number of carbonyl (C=O) groups is 2. The zero-order valence-corrected chi connectivity index (χ0v) is 9.17. The molecule has 1 aromatic heterocycles. The molecule has 0 fully saturated rings. The van der Waals surface area contributed by atoms with E-state index >= 15 is 0 Å². The van der Waals surface area contributed by atoms with E-state index in [1.54, 1.807) is 5.38 Å². The Morgan fingerprint density at radius 2 is 2.40 bits per heavy atom. The molecule has 0 aliphatic carbocycles. The Morgan fingerprint density at radius 3 is 2.93 bits per heavy atom. The minimum Gasteiger partial charge on any atom is -0.492 e. The molecule has 0 amide bonds. The van der Waals surface area contributed by atoms with Gasteiger partial charge in [0.25, 0.3) is 0 Å². The van der Waals surface area contributed by atoms with Crippen molar-refractivity contribution in [3.05, 3.63) is 15.8 Å². The molecule has 82 valence electrons. The first kappa shape index (κ1) is 11.7. The predicted octanol–water partition coefficient (Wildman–Crippen LogP) is 2.44. The van der Waals surface area contributed by atoms with Gasteiger partial charge in [0, 0.05) is 5.38 Å². The Hall–Kier alpha value is -1.36. The number of unbranched alkanes of at least 4 members (excludes halogenated alkanes) is 1. The molecule has 0 aliphatic rings. The van der Waals surface area contributed by atoms with Gasteiger partial charge in [0.1, 0.15) is 11.3 Å². The van der Waals surface area contributed by atoms with Crippen molar-refractivity contribution in [1.29, 1.82) is 0 Å². The smallest absolute Gasteiger partial charge is 0.341 e. The highest BCUT2D eigenvalue weighted by Crippen LogP contribution is 2.28. The Balaban J connectivity index is 2.83. The Morgan fingerprint density at radius 1 is 1.67 bits per heavy atom. The van der Waals surface area contributed by atoms with Gasteiger partial charge in [0.2, 0.25) is 0 Å². The number of hydrogen-bond acceptors (Lipinski definition) is 4. The fraction of sp³-hybridized carbons (Fsp3) is 0.400. The van der Waals surface area contributed by atoms with Gasteiger partial charge in [0.05, 0.1) is 11.5 Å². The number of thiophene rings is 1. The molecule has 0 saturated carbocycles. The van der Waals surface area contributed by atoms with Crippen molar-refractivity contribution in [2.24, 2.45) is 0 Å². The van der Waals surface area contributed by atoms with E-state index in [2.05, 4.69) is 0 Å². The summed E-state index contributed by atoms with van der Waals surface area (Å²) in [6.07, 6.45) is 2.39. The van der Waals surface area contributed by atoms with Crippen LogP contribution in [-0.2, 0) is 0 Å². The molecule has 0 atom stereocenters. The van der Waals surface area contributed by atoms with Crippen molar-refractivity contribution >= 4 is 23.6 Å². The van der Waals surface area contributed by atoms with E-state index in [4.69, 9.17) is 9.84 Å². The van der Waals surface area contributed by atoms with Crippen LogP contribution in [0.5, 0.6) is 5.75 Å². The van der Waals surface area contributed by atoms with Crippen molar-refractivity contribution in [3.63, 3.8) is 0 Å². The molecular formula is C10H12O4S. The average Bonchev–Trinajstić information content (AvgIpc) is 2.61. The molecule has 1 aromatic rings. The lowest BCUT2D eigenvalue weighted by atomic mass is 10.2. The predicted molar refractivity (Wildman–Crippen MR) is 57.1 cm³/mol. The number of carboxylic acids is 1. The maximum absolute atomic E-state index is 10.9. The summed E-state index contributed by atoms with van der Waals surface area (Å²) in [5.41, 5.74) is -0.0221. The zero-order chi connectivity index (χ0) is 11.3. The zero-order valence-electron chi connectivity index (χ0n) is 8.36. The summed E-state index contributed by atoms with van der Waals surface area (Å²) in [5, 5.41) is 10.4.